The van der Waals surface area contributed by atoms with Crippen LogP contribution in [0, 0.1) is 0 Å². The van der Waals surface area contributed by atoms with Crippen LogP contribution < -0.4 is 10.1 Å². The number of likely N-dealkylation sites (N-methyl/N-ethyl adjacent to an activating group) is 1. The molecule has 2 aliphatic rings. The minimum atomic E-state index is -3.60. The fourth-order valence-electron chi connectivity index (χ4n) is 3.95. The van der Waals surface area contributed by atoms with Gasteiger partial charge in [-0.2, -0.15) is 4.31 Å². The number of hydrogen-bond donors (Lipinski definition) is 1. The van der Waals surface area contributed by atoms with Gasteiger partial charge in [-0.25, -0.2) is 8.42 Å². The molecule has 8 nitrogen and oxygen atoms in total. The molecule has 1 aromatic carbocycles. The van der Waals surface area contributed by atoms with Crippen molar-refractivity contribution in [3.8, 4) is 5.75 Å². The van der Waals surface area contributed by atoms with E-state index in [0.29, 0.717) is 25.4 Å². The maximum absolute atomic E-state index is 13.0. The number of nitrogens with zero attached hydrogens (tertiary/aromatic N) is 3. The first kappa shape index (κ1) is 23.0. The second kappa shape index (κ2) is 10.6. The lowest BCUT2D eigenvalue weighted by molar-refractivity contribution is 0.0946. The number of rotatable bonds is 8. The molecule has 0 saturated carbocycles. The lowest BCUT2D eigenvalue weighted by Gasteiger charge is -2.32. The maximum atomic E-state index is 13.0. The van der Waals surface area contributed by atoms with Gasteiger partial charge in [-0.3, -0.25) is 4.79 Å². The quantitative estimate of drug-likeness (QED) is 0.615. The molecule has 2 fully saturated rings. The summed E-state index contributed by atoms with van der Waals surface area (Å²) in [4.78, 5) is 17.6. The summed E-state index contributed by atoms with van der Waals surface area (Å²) in [5, 5.41) is 2.92. The van der Waals surface area contributed by atoms with Crippen LogP contribution in [-0.4, -0.2) is 94.9 Å². The summed E-state index contributed by atoms with van der Waals surface area (Å²) in [6.07, 6.45) is 3.64. The van der Waals surface area contributed by atoms with Gasteiger partial charge in [0.15, 0.2) is 0 Å². The zero-order valence-corrected chi connectivity index (χ0v) is 18.9. The molecule has 0 atom stereocenters. The molecular formula is C21H34N4O4S. The molecule has 168 valence electrons. The van der Waals surface area contributed by atoms with Crippen molar-refractivity contribution < 1.29 is 17.9 Å². The number of amides is 1. The summed E-state index contributed by atoms with van der Waals surface area (Å²) in [5.74, 6) is 0.0742. The van der Waals surface area contributed by atoms with Gasteiger partial charge in [0.1, 0.15) is 5.75 Å². The number of carbonyl (C=O) groups excluding carboxylic acids is 1. The van der Waals surface area contributed by atoms with Crippen molar-refractivity contribution in [1.29, 1.82) is 0 Å². The number of benzene rings is 1. The van der Waals surface area contributed by atoms with Crippen molar-refractivity contribution in [2.75, 3.05) is 66.5 Å². The molecule has 0 bridgehead atoms. The number of carbonyl (C=O) groups is 1. The predicted molar refractivity (Wildman–Crippen MR) is 116 cm³/mol. The summed E-state index contributed by atoms with van der Waals surface area (Å²) < 4.78 is 32.7. The van der Waals surface area contributed by atoms with E-state index >= 15 is 0 Å². The Morgan fingerprint density at radius 1 is 1.07 bits per heavy atom. The summed E-state index contributed by atoms with van der Waals surface area (Å²) in [6, 6.07) is 4.53. The summed E-state index contributed by atoms with van der Waals surface area (Å²) >= 11 is 0. The van der Waals surface area contributed by atoms with Crippen LogP contribution in [0.1, 0.15) is 36.0 Å². The van der Waals surface area contributed by atoms with Crippen molar-refractivity contribution in [1.82, 2.24) is 19.4 Å². The lowest BCUT2D eigenvalue weighted by Crippen LogP contribution is -2.45. The molecule has 0 radical (unpaired) electrons. The van der Waals surface area contributed by atoms with Gasteiger partial charge in [0, 0.05) is 45.8 Å². The van der Waals surface area contributed by atoms with Gasteiger partial charge in [-0.15, -0.1) is 0 Å². The number of methoxy groups -OCH3 is 1. The molecule has 9 heteroatoms. The van der Waals surface area contributed by atoms with Crippen LogP contribution in [0.4, 0.5) is 0 Å². The summed E-state index contributed by atoms with van der Waals surface area (Å²) in [6.45, 7) is 6.78. The first-order valence-electron chi connectivity index (χ1n) is 10.8. The molecule has 1 amide bonds. The van der Waals surface area contributed by atoms with Gasteiger partial charge in [-0.05, 0) is 51.1 Å². The molecule has 0 aliphatic carbocycles. The molecule has 1 aromatic rings. The molecule has 2 aliphatic heterocycles. The number of hydrogen-bond acceptors (Lipinski definition) is 6. The van der Waals surface area contributed by atoms with Crippen LogP contribution in [0.5, 0.6) is 5.75 Å². The third-order valence-corrected chi connectivity index (χ3v) is 7.80. The predicted octanol–water partition coefficient (Wildman–Crippen LogP) is 1.24. The van der Waals surface area contributed by atoms with Crippen LogP contribution in [-0.2, 0) is 10.0 Å². The van der Waals surface area contributed by atoms with Gasteiger partial charge in [0.25, 0.3) is 5.91 Å². The van der Waals surface area contributed by atoms with Crippen molar-refractivity contribution in [3.05, 3.63) is 23.8 Å². The largest absolute Gasteiger partial charge is 0.496 e. The van der Waals surface area contributed by atoms with Crippen LogP contribution >= 0.6 is 0 Å². The average Bonchev–Trinajstić information content (AvgIpc) is 2.78. The number of piperazine rings is 1. The zero-order chi connectivity index (χ0) is 21.6. The molecule has 30 heavy (non-hydrogen) atoms. The van der Waals surface area contributed by atoms with E-state index in [1.54, 1.807) is 6.07 Å². The Hall–Kier alpha value is -1.68. The first-order valence-corrected chi connectivity index (χ1v) is 12.2. The van der Waals surface area contributed by atoms with Gasteiger partial charge in [0.05, 0.1) is 17.6 Å². The van der Waals surface area contributed by atoms with Gasteiger partial charge >= 0.3 is 0 Å². The molecular weight excluding hydrogens is 404 g/mol. The highest BCUT2D eigenvalue weighted by atomic mass is 32.2. The van der Waals surface area contributed by atoms with Crippen LogP contribution in [0.2, 0.25) is 0 Å². The highest BCUT2D eigenvalue weighted by Crippen LogP contribution is 2.26. The summed E-state index contributed by atoms with van der Waals surface area (Å²) in [5.41, 5.74) is 0.259. The molecule has 0 aromatic heterocycles. The van der Waals surface area contributed by atoms with E-state index in [2.05, 4.69) is 22.2 Å². The molecule has 2 saturated heterocycles. The first-order chi connectivity index (χ1) is 14.4. The topological polar surface area (TPSA) is 82.2 Å². The number of sulfonamides is 1. The number of ether oxygens (including phenoxy) is 1. The molecule has 0 spiro atoms. The van der Waals surface area contributed by atoms with E-state index in [4.69, 9.17) is 4.74 Å². The smallest absolute Gasteiger partial charge is 0.255 e. The van der Waals surface area contributed by atoms with Crippen molar-refractivity contribution in [2.45, 2.75) is 30.6 Å². The third-order valence-electron chi connectivity index (χ3n) is 5.90. The van der Waals surface area contributed by atoms with Crippen LogP contribution in [0.25, 0.3) is 0 Å². The van der Waals surface area contributed by atoms with Crippen LogP contribution in [0.15, 0.2) is 23.1 Å². The Morgan fingerprint density at radius 2 is 1.77 bits per heavy atom. The molecule has 0 unspecified atom stereocenters. The Balaban J connectivity index is 1.61. The third kappa shape index (κ3) is 5.72. The van der Waals surface area contributed by atoms with E-state index < -0.39 is 10.0 Å². The molecule has 2 heterocycles. The Kier molecular flexibility index (Phi) is 8.10. The Bertz CT molecular complexity index is 816. The van der Waals surface area contributed by atoms with Gasteiger partial charge in [0.2, 0.25) is 10.0 Å². The van der Waals surface area contributed by atoms with Crippen molar-refractivity contribution in [3.63, 3.8) is 0 Å². The standard InChI is InChI=1S/C21H34N4O4S/c1-23-13-15-24(16-14-23)10-6-9-22-21(26)19-17-18(7-8-20(19)29-2)30(27,28)25-11-4-3-5-12-25/h7-8,17H,3-6,9-16H2,1-2H3,(H,22,26). The van der Waals surface area contributed by atoms with E-state index in [9.17, 15) is 13.2 Å². The van der Waals surface area contributed by atoms with Gasteiger partial charge < -0.3 is 19.9 Å². The van der Waals surface area contributed by atoms with E-state index in [1.807, 2.05) is 0 Å². The Labute approximate surface area is 180 Å². The van der Waals surface area contributed by atoms with E-state index in [1.165, 1.54) is 23.5 Å². The normalized spacial score (nSPS) is 19.5. The Morgan fingerprint density at radius 3 is 2.43 bits per heavy atom. The van der Waals surface area contributed by atoms with Gasteiger partial charge in [-0.1, -0.05) is 6.42 Å². The average molecular weight is 439 g/mol. The van der Waals surface area contributed by atoms with Crippen molar-refractivity contribution in [2.24, 2.45) is 0 Å². The summed E-state index contributed by atoms with van der Waals surface area (Å²) in [7, 11) is 0.0138. The van der Waals surface area contributed by atoms with E-state index in [-0.39, 0.29) is 16.4 Å². The lowest BCUT2D eigenvalue weighted by atomic mass is 10.2. The number of piperidine rings is 1. The van der Waals surface area contributed by atoms with Crippen molar-refractivity contribution >= 4 is 15.9 Å². The fraction of sp³-hybridized carbons (Fsp3) is 0.667. The minimum absolute atomic E-state index is 0.146. The monoisotopic (exact) mass is 438 g/mol. The highest BCUT2D eigenvalue weighted by Gasteiger charge is 2.27. The zero-order valence-electron chi connectivity index (χ0n) is 18.1. The number of nitrogens with one attached hydrogen (secondary N) is 1. The fourth-order valence-corrected chi connectivity index (χ4v) is 5.49. The highest BCUT2D eigenvalue weighted by molar-refractivity contribution is 7.89. The molecule has 3 rings (SSSR count). The second-order valence-corrected chi connectivity index (χ2v) is 10.0. The second-order valence-electron chi connectivity index (χ2n) is 8.08. The van der Waals surface area contributed by atoms with E-state index in [0.717, 1.165) is 58.4 Å². The maximum Gasteiger partial charge on any atom is 0.255 e. The SMILES string of the molecule is COc1ccc(S(=O)(=O)N2CCCCC2)cc1C(=O)NCCCN1CCN(C)CC1. The van der Waals surface area contributed by atoms with Crippen LogP contribution in [0.3, 0.4) is 0 Å². The minimum Gasteiger partial charge on any atom is -0.496 e. The molecule has 1 N–H and O–H groups in total.